The van der Waals surface area contributed by atoms with Gasteiger partial charge in [-0.15, -0.1) is 11.3 Å². The number of nitrogens with one attached hydrogen (secondary N) is 1. The quantitative estimate of drug-likeness (QED) is 0.892. The third-order valence-corrected chi connectivity index (χ3v) is 4.59. The zero-order valence-corrected chi connectivity index (χ0v) is 11.9. The molecule has 1 aliphatic rings. The summed E-state index contributed by atoms with van der Waals surface area (Å²) in [6.07, 6.45) is 4.05. The van der Waals surface area contributed by atoms with E-state index in [2.05, 4.69) is 36.1 Å². The maximum absolute atomic E-state index is 4.52. The number of aryl methyl sites for hydroxylation is 2. The molecule has 17 heavy (non-hydrogen) atoms. The van der Waals surface area contributed by atoms with E-state index in [4.69, 9.17) is 0 Å². The minimum atomic E-state index is 0.704. The van der Waals surface area contributed by atoms with Gasteiger partial charge < -0.3 is 5.32 Å². The zero-order chi connectivity index (χ0) is 12.3. The van der Waals surface area contributed by atoms with E-state index in [1.807, 2.05) is 11.3 Å². The van der Waals surface area contributed by atoms with Crippen LogP contribution in [0.4, 0.5) is 0 Å². The van der Waals surface area contributed by atoms with Gasteiger partial charge in [-0.3, -0.25) is 4.90 Å². The van der Waals surface area contributed by atoms with Crippen LogP contribution in [-0.4, -0.2) is 36.1 Å². The van der Waals surface area contributed by atoms with Gasteiger partial charge in [-0.05, 0) is 40.3 Å². The molecule has 1 fully saturated rings. The average molecular weight is 253 g/mol. The van der Waals surface area contributed by atoms with E-state index >= 15 is 0 Å². The molecule has 1 saturated heterocycles. The SMILES string of the molecule is CNCC1CCCCN1Cc1sc(C)nc1C. The van der Waals surface area contributed by atoms with Crippen LogP contribution >= 0.6 is 11.3 Å². The molecule has 0 saturated carbocycles. The Kier molecular flexibility index (Phi) is 4.54. The molecule has 1 unspecified atom stereocenters. The second-order valence-corrected chi connectivity index (χ2v) is 6.21. The van der Waals surface area contributed by atoms with E-state index in [-0.39, 0.29) is 0 Å². The van der Waals surface area contributed by atoms with Gasteiger partial charge in [-0.2, -0.15) is 0 Å². The van der Waals surface area contributed by atoms with Crippen LogP contribution in [0.1, 0.15) is 34.8 Å². The third-order valence-electron chi connectivity index (χ3n) is 3.54. The lowest BCUT2D eigenvalue weighted by atomic mass is 10.0. The highest BCUT2D eigenvalue weighted by Gasteiger charge is 2.22. The molecular weight excluding hydrogens is 230 g/mol. The summed E-state index contributed by atoms with van der Waals surface area (Å²) >= 11 is 1.85. The minimum Gasteiger partial charge on any atom is -0.318 e. The first kappa shape index (κ1) is 13.0. The number of nitrogens with zero attached hydrogens (tertiary/aromatic N) is 2. The fraction of sp³-hybridized carbons (Fsp3) is 0.769. The Labute approximate surface area is 108 Å². The molecule has 1 atom stereocenters. The Morgan fingerprint density at radius 2 is 2.24 bits per heavy atom. The summed E-state index contributed by atoms with van der Waals surface area (Å²) in [7, 11) is 2.05. The monoisotopic (exact) mass is 253 g/mol. The van der Waals surface area contributed by atoms with Crippen molar-refractivity contribution in [1.29, 1.82) is 0 Å². The second-order valence-electron chi connectivity index (χ2n) is 4.92. The smallest absolute Gasteiger partial charge is 0.0900 e. The van der Waals surface area contributed by atoms with E-state index in [1.54, 1.807) is 0 Å². The first-order valence-corrected chi connectivity index (χ1v) is 7.34. The van der Waals surface area contributed by atoms with Crippen LogP contribution in [0, 0.1) is 13.8 Å². The number of rotatable bonds is 4. The summed E-state index contributed by atoms with van der Waals surface area (Å²) in [4.78, 5) is 8.60. The van der Waals surface area contributed by atoms with Crippen LogP contribution < -0.4 is 5.32 Å². The largest absolute Gasteiger partial charge is 0.318 e. The van der Waals surface area contributed by atoms with E-state index in [1.165, 1.54) is 41.4 Å². The van der Waals surface area contributed by atoms with E-state index in [0.29, 0.717) is 6.04 Å². The lowest BCUT2D eigenvalue weighted by Crippen LogP contribution is -2.44. The maximum Gasteiger partial charge on any atom is 0.0900 e. The highest BCUT2D eigenvalue weighted by Crippen LogP contribution is 2.24. The van der Waals surface area contributed by atoms with Crippen molar-refractivity contribution in [3.63, 3.8) is 0 Å². The summed E-state index contributed by atoms with van der Waals surface area (Å²) in [6.45, 7) is 7.67. The summed E-state index contributed by atoms with van der Waals surface area (Å²) < 4.78 is 0. The number of piperidine rings is 1. The number of hydrogen-bond donors (Lipinski definition) is 1. The first-order chi connectivity index (χ1) is 8.20. The van der Waals surface area contributed by atoms with Gasteiger partial charge in [-0.1, -0.05) is 6.42 Å². The molecule has 0 aliphatic carbocycles. The van der Waals surface area contributed by atoms with Crippen LogP contribution in [0.5, 0.6) is 0 Å². The molecule has 1 N–H and O–H groups in total. The second kappa shape index (κ2) is 5.94. The molecule has 1 aromatic rings. The van der Waals surface area contributed by atoms with Crippen molar-refractivity contribution >= 4 is 11.3 Å². The normalized spacial score (nSPS) is 21.9. The topological polar surface area (TPSA) is 28.2 Å². The van der Waals surface area contributed by atoms with Gasteiger partial charge in [0.2, 0.25) is 0 Å². The number of likely N-dealkylation sites (N-methyl/N-ethyl adjacent to an activating group) is 1. The summed E-state index contributed by atoms with van der Waals surface area (Å²) in [6, 6.07) is 0.704. The fourth-order valence-electron chi connectivity index (χ4n) is 2.64. The molecule has 96 valence electrons. The molecule has 0 amide bonds. The predicted molar refractivity (Wildman–Crippen MR) is 73.6 cm³/mol. The summed E-state index contributed by atoms with van der Waals surface area (Å²) in [5.74, 6) is 0. The number of aromatic nitrogens is 1. The standard InChI is InChI=1S/C13H23N3S/c1-10-13(17-11(2)15-10)9-16-7-5-4-6-12(16)8-14-3/h12,14H,4-9H2,1-3H3. The number of likely N-dealkylation sites (tertiary alicyclic amines) is 1. The van der Waals surface area contributed by atoms with Gasteiger partial charge in [0, 0.05) is 24.0 Å². The molecule has 1 aromatic heterocycles. The van der Waals surface area contributed by atoms with Gasteiger partial charge in [0.25, 0.3) is 0 Å². The lowest BCUT2D eigenvalue weighted by Gasteiger charge is -2.35. The maximum atomic E-state index is 4.52. The minimum absolute atomic E-state index is 0.704. The van der Waals surface area contributed by atoms with Gasteiger partial charge in [0.15, 0.2) is 0 Å². The Morgan fingerprint density at radius 3 is 2.88 bits per heavy atom. The van der Waals surface area contributed by atoms with Crippen molar-refractivity contribution in [3.8, 4) is 0 Å². The lowest BCUT2D eigenvalue weighted by molar-refractivity contribution is 0.140. The Bertz CT molecular complexity index is 360. The molecule has 2 heterocycles. The van der Waals surface area contributed by atoms with Crippen molar-refractivity contribution in [2.24, 2.45) is 0 Å². The van der Waals surface area contributed by atoms with Crippen LogP contribution in [0.25, 0.3) is 0 Å². The molecule has 0 bridgehead atoms. The molecule has 0 spiro atoms. The van der Waals surface area contributed by atoms with Crippen LogP contribution in [0.2, 0.25) is 0 Å². The molecule has 2 rings (SSSR count). The predicted octanol–water partition coefficient (Wildman–Crippen LogP) is 2.33. The highest BCUT2D eigenvalue weighted by molar-refractivity contribution is 7.11. The van der Waals surface area contributed by atoms with Crippen molar-refractivity contribution < 1.29 is 0 Å². The molecular formula is C13H23N3S. The van der Waals surface area contributed by atoms with Gasteiger partial charge in [0.05, 0.1) is 10.7 Å². The molecule has 3 nitrogen and oxygen atoms in total. The van der Waals surface area contributed by atoms with Gasteiger partial charge >= 0.3 is 0 Å². The molecule has 0 aromatic carbocycles. The Balaban J connectivity index is 2.02. The average Bonchev–Trinajstić information content (AvgIpc) is 2.61. The summed E-state index contributed by atoms with van der Waals surface area (Å²) in [5.41, 5.74) is 1.22. The Morgan fingerprint density at radius 1 is 1.41 bits per heavy atom. The zero-order valence-electron chi connectivity index (χ0n) is 11.1. The molecule has 0 radical (unpaired) electrons. The highest BCUT2D eigenvalue weighted by atomic mass is 32.1. The Hall–Kier alpha value is -0.450. The van der Waals surface area contributed by atoms with Crippen LogP contribution in [0.15, 0.2) is 0 Å². The molecule has 1 aliphatic heterocycles. The number of thiazole rings is 1. The van der Waals surface area contributed by atoms with Crippen LogP contribution in [0.3, 0.4) is 0 Å². The van der Waals surface area contributed by atoms with Crippen LogP contribution in [-0.2, 0) is 6.54 Å². The van der Waals surface area contributed by atoms with E-state index < -0.39 is 0 Å². The van der Waals surface area contributed by atoms with E-state index in [9.17, 15) is 0 Å². The van der Waals surface area contributed by atoms with Gasteiger partial charge in [0.1, 0.15) is 0 Å². The van der Waals surface area contributed by atoms with Gasteiger partial charge in [-0.25, -0.2) is 4.98 Å². The van der Waals surface area contributed by atoms with Crippen molar-refractivity contribution in [2.75, 3.05) is 20.1 Å². The summed E-state index contributed by atoms with van der Waals surface area (Å²) in [5, 5.41) is 4.51. The van der Waals surface area contributed by atoms with Crippen molar-refractivity contribution in [2.45, 2.75) is 45.7 Å². The molecule has 4 heteroatoms. The number of hydrogen-bond acceptors (Lipinski definition) is 4. The first-order valence-electron chi connectivity index (χ1n) is 6.52. The van der Waals surface area contributed by atoms with Crippen molar-refractivity contribution in [1.82, 2.24) is 15.2 Å². The van der Waals surface area contributed by atoms with E-state index in [0.717, 1.165) is 13.1 Å². The van der Waals surface area contributed by atoms with Crippen molar-refractivity contribution in [3.05, 3.63) is 15.6 Å². The third kappa shape index (κ3) is 3.27. The fourth-order valence-corrected chi connectivity index (χ4v) is 3.60.